The van der Waals surface area contributed by atoms with Crippen LogP contribution in [0.25, 0.3) is 17.0 Å². The first-order valence-electron chi connectivity index (χ1n) is 9.91. The van der Waals surface area contributed by atoms with Gasteiger partial charge in [0, 0.05) is 28.1 Å². The Kier molecular flexibility index (Phi) is 5.55. The molecule has 0 atom stereocenters. The summed E-state index contributed by atoms with van der Waals surface area (Å²) >= 11 is 7.52. The number of nitrogens with zero attached hydrogens (tertiary/aromatic N) is 5. The third kappa shape index (κ3) is 4.06. The monoisotopic (exact) mass is 463 g/mol. The van der Waals surface area contributed by atoms with Gasteiger partial charge in [-0.3, -0.25) is 13.8 Å². The first-order valence-corrected chi connectivity index (χ1v) is 11.3. The molecule has 0 aliphatic rings. The summed E-state index contributed by atoms with van der Waals surface area (Å²) in [4.78, 5) is 17.2. The van der Waals surface area contributed by atoms with E-state index in [0.717, 1.165) is 17.0 Å². The molecule has 0 N–H and O–H groups in total. The summed E-state index contributed by atoms with van der Waals surface area (Å²) < 4.78 is 9.14. The van der Waals surface area contributed by atoms with Gasteiger partial charge in [0.15, 0.2) is 11.0 Å². The van der Waals surface area contributed by atoms with Crippen molar-refractivity contribution in [3.05, 3.63) is 99.5 Å². The predicted molar refractivity (Wildman–Crippen MR) is 124 cm³/mol. The van der Waals surface area contributed by atoms with Crippen LogP contribution in [0.3, 0.4) is 0 Å². The lowest BCUT2D eigenvalue weighted by atomic mass is 10.2. The number of fused-ring (bicyclic) bond motifs is 1. The molecule has 0 radical (unpaired) electrons. The van der Waals surface area contributed by atoms with Crippen molar-refractivity contribution in [3.63, 3.8) is 0 Å². The number of rotatable bonds is 6. The lowest BCUT2D eigenvalue weighted by Gasteiger charge is -2.09. The van der Waals surface area contributed by atoms with Crippen molar-refractivity contribution in [1.29, 1.82) is 0 Å². The fourth-order valence-corrected chi connectivity index (χ4v) is 4.44. The maximum Gasteiger partial charge on any atom is 0.258 e. The second kappa shape index (κ2) is 8.64. The molecule has 5 rings (SSSR count). The van der Waals surface area contributed by atoms with E-state index in [1.807, 2.05) is 66.1 Å². The van der Waals surface area contributed by atoms with Gasteiger partial charge in [0.1, 0.15) is 11.4 Å². The van der Waals surface area contributed by atoms with Crippen LogP contribution in [-0.4, -0.2) is 24.1 Å². The van der Waals surface area contributed by atoms with Crippen LogP contribution >= 0.6 is 23.4 Å². The highest BCUT2D eigenvalue weighted by Crippen LogP contribution is 2.28. The summed E-state index contributed by atoms with van der Waals surface area (Å²) in [6.07, 6.45) is 1.64. The maximum atomic E-state index is 12.6. The van der Waals surface area contributed by atoms with Crippen molar-refractivity contribution in [2.75, 3.05) is 0 Å². The maximum absolute atomic E-state index is 12.6. The topological polar surface area (TPSA) is 78.2 Å². The van der Waals surface area contributed by atoms with E-state index in [-0.39, 0.29) is 5.56 Å². The quantitative estimate of drug-likeness (QED) is 0.335. The number of halogens is 1. The van der Waals surface area contributed by atoms with Gasteiger partial charge in [0.05, 0.1) is 18.5 Å². The molecule has 0 saturated heterocycles. The Labute approximate surface area is 192 Å². The third-order valence-corrected chi connectivity index (χ3v) is 6.25. The van der Waals surface area contributed by atoms with E-state index < -0.39 is 0 Å². The highest BCUT2D eigenvalue weighted by molar-refractivity contribution is 7.98. The minimum atomic E-state index is -0.0948. The Morgan fingerprint density at radius 3 is 2.69 bits per heavy atom. The van der Waals surface area contributed by atoms with Crippen LogP contribution in [0.1, 0.15) is 17.1 Å². The molecule has 9 heteroatoms. The summed E-state index contributed by atoms with van der Waals surface area (Å²) in [5, 5.41) is 10.2. The van der Waals surface area contributed by atoms with Crippen molar-refractivity contribution in [3.8, 4) is 11.4 Å². The van der Waals surface area contributed by atoms with Crippen LogP contribution in [-0.2, 0) is 12.3 Å². The first kappa shape index (κ1) is 20.5. The van der Waals surface area contributed by atoms with E-state index in [9.17, 15) is 4.79 Å². The van der Waals surface area contributed by atoms with Gasteiger partial charge in [-0.25, -0.2) is 4.98 Å². The van der Waals surface area contributed by atoms with Crippen molar-refractivity contribution < 1.29 is 4.42 Å². The van der Waals surface area contributed by atoms with Gasteiger partial charge in [0.25, 0.3) is 5.56 Å². The van der Waals surface area contributed by atoms with E-state index in [0.29, 0.717) is 39.6 Å². The minimum absolute atomic E-state index is 0.0948. The second-order valence-electron chi connectivity index (χ2n) is 7.21. The van der Waals surface area contributed by atoms with E-state index in [4.69, 9.17) is 16.0 Å². The van der Waals surface area contributed by atoms with Crippen LogP contribution < -0.4 is 5.56 Å². The Morgan fingerprint density at radius 1 is 1.06 bits per heavy atom. The zero-order chi connectivity index (χ0) is 22.1. The molecule has 0 aliphatic heterocycles. The number of furan rings is 1. The fraction of sp³-hybridized carbons (Fsp3) is 0.130. The minimum Gasteiger partial charge on any atom is -0.467 e. The molecule has 5 aromatic rings. The number of hydrogen-bond acceptors (Lipinski definition) is 6. The van der Waals surface area contributed by atoms with Crippen molar-refractivity contribution in [1.82, 2.24) is 24.1 Å². The molecule has 7 nitrogen and oxygen atoms in total. The molecule has 4 aromatic heterocycles. The standard InChI is InChI=1S/C23H18ClN5O2S/c1-15-4-2-6-20-25-18(12-21(30)29(15)20)14-32-23-27-26-22(16-7-9-17(24)10-8-16)28(23)13-19-5-3-11-31-19/h2-12H,13-14H2,1H3. The number of thioether (sulfide) groups is 1. The molecule has 0 aliphatic carbocycles. The number of aryl methyl sites for hydroxylation is 1. The summed E-state index contributed by atoms with van der Waals surface area (Å²) in [7, 11) is 0. The Hall–Kier alpha value is -3.36. The number of aromatic nitrogens is 5. The van der Waals surface area contributed by atoms with Gasteiger partial charge >= 0.3 is 0 Å². The van der Waals surface area contributed by atoms with E-state index in [1.54, 1.807) is 16.7 Å². The van der Waals surface area contributed by atoms with Gasteiger partial charge in [-0.1, -0.05) is 29.4 Å². The average Bonchev–Trinajstić information content (AvgIpc) is 3.43. The van der Waals surface area contributed by atoms with Crippen molar-refractivity contribution >= 4 is 29.0 Å². The zero-order valence-corrected chi connectivity index (χ0v) is 18.7. The predicted octanol–water partition coefficient (Wildman–Crippen LogP) is 4.85. The Balaban J connectivity index is 1.47. The lowest BCUT2D eigenvalue weighted by molar-refractivity contribution is 0.485. The van der Waals surface area contributed by atoms with Crippen LogP contribution in [0.4, 0.5) is 0 Å². The Bertz CT molecular complexity index is 1440. The number of hydrogen-bond donors (Lipinski definition) is 0. The van der Waals surface area contributed by atoms with Gasteiger partial charge in [-0.15, -0.1) is 10.2 Å². The molecule has 0 amide bonds. The van der Waals surface area contributed by atoms with Crippen LogP contribution in [0.15, 0.2) is 81.3 Å². The average molecular weight is 464 g/mol. The molecule has 0 bridgehead atoms. The van der Waals surface area contributed by atoms with Crippen LogP contribution in [0, 0.1) is 6.92 Å². The molecule has 160 valence electrons. The molecule has 4 heterocycles. The first-order chi connectivity index (χ1) is 15.6. The van der Waals surface area contributed by atoms with Crippen molar-refractivity contribution in [2.45, 2.75) is 24.4 Å². The Morgan fingerprint density at radius 2 is 1.91 bits per heavy atom. The van der Waals surface area contributed by atoms with E-state index in [2.05, 4.69) is 15.2 Å². The van der Waals surface area contributed by atoms with E-state index >= 15 is 0 Å². The SMILES string of the molecule is Cc1cccc2nc(CSc3nnc(-c4ccc(Cl)cc4)n3Cc3ccco3)cc(=O)n12. The van der Waals surface area contributed by atoms with E-state index in [1.165, 1.54) is 11.8 Å². The second-order valence-corrected chi connectivity index (χ2v) is 8.59. The van der Waals surface area contributed by atoms with Crippen LogP contribution in [0.2, 0.25) is 5.02 Å². The van der Waals surface area contributed by atoms with Gasteiger partial charge < -0.3 is 4.42 Å². The fourth-order valence-electron chi connectivity index (χ4n) is 3.49. The highest BCUT2D eigenvalue weighted by atomic mass is 35.5. The molecule has 32 heavy (non-hydrogen) atoms. The molecule has 0 fully saturated rings. The highest BCUT2D eigenvalue weighted by Gasteiger charge is 2.17. The van der Waals surface area contributed by atoms with Crippen molar-refractivity contribution in [2.24, 2.45) is 0 Å². The van der Waals surface area contributed by atoms with Gasteiger partial charge in [-0.05, 0) is 55.5 Å². The molecule has 0 unspecified atom stereocenters. The summed E-state index contributed by atoms with van der Waals surface area (Å²) in [6, 6.07) is 18.4. The number of pyridine rings is 1. The molecule has 1 aromatic carbocycles. The largest absolute Gasteiger partial charge is 0.467 e. The number of benzene rings is 1. The van der Waals surface area contributed by atoms with Crippen LogP contribution in [0.5, 0.6) is 0 Å². The molecular formula is C23H18ClN5O2S. The third-order valence-electron chi connectivity index (χ3n) is 5.00. The zero-order valence-electron chi connectivity index (χ0n) is 17.1. The molecule has 0 spiro atoms. The van der Waals surface area contributed by atoms with Gasteiger partial charge in [0.2, 0.25) is 0 Å². The summed E-state index contributed by atoms with van der Waals surface area (Å²) in [5.74, 6) is 1.98. The normalized spacial score (nSPS) is 11.3. The lowest BCUT2D eigenvalue weighted by Crippen LogP contribution is -2.17. The van der Waals surface area contributed by atoms with Gasteiger partial charge in [-0.2, -0.15) is 0 Å². The molecule has 0 saturated carbocycles. The summed E-state index contributed by atoms with van der Waals surface area (Å²) in [5.41, 5.74) is 2.98. The summed E-state index contributed by atoms with van der Waals surface area (Å²) in [6.45, 7) is 2.37. The molecular weight excluding hydrogens is 446 g/mol. The smallest absolute Gasteiger partial charge is 0.258 e.